The van der Waals surface area contributed by atoms with Gasteiger partial charge in [0.1, 0.15) is 12.4 Å². The fraction of sp³-hybridized carbons (Fsp3) is 0.310. The number of ether oxygens (including phenoxy) is 1. The zero-order valence-electron chi connectivity index (χ0n) is 19.7. The van der Waals surface area contributed by atoms with Gasteiger partial charge in [0, 0.05) is 25.2 Å². The molecule has 176 valence electrons. The van der Waals surface area contributed by atoms with E-state index in [4.69, 9.17) is 4.74 Å². The summed E-state index contributed by atoms with van der Waals surface area (Å²) in [6.07, 6.45) is 2.42. The van der Waals surface area contributed by atoms with E-state index in [-0.39, 0.29) is 17.7 Å². The van der Waals surface area contributed by atoms with Crippen LogP contribution in [0.5, 0.6) is 5.75 Å². The van der Waals surface area contributed by atoms with Gasteiger partial charge in [-0.25, -0.2) is 0 Å². The van der Waals surface area contributed by atoms with Crippen molar-refractivity contribution in [2.75, 3.05) is 19.6 Å². The van der Waals surface area contributed by atoms with Crippen molar-refractivity contribution >= 4 is 11.8 Å². The molecular weight excluding hydrogens is 424 g/mol. The molecule has 4 rings (SSSR count). The Morgan fingerprint density at radius 2 is 1.68 bits per heavy atom. The lowest BCUT2D eigenvalue weighted by Gasteiger charge is -2.32. The average molecular weight is 457 g/mol. The highest BCUT2D eigenvalue weighted by Crippen LogP contribution is 2.19. The first kappa shape index (κ1) is 23.6. The van der Waals surface area contributed by atoms with Gasteiger partial charge in [0.25, 0.3) is 5.91 Å². The van der Waals surface area contributed by atoms with Crippen molar-refractivity contribution in [1.82, 2.24) is 10.2 Å². The van der Waals surface area contributed by atoms with Crippen molar-refractivity contribution in [2.45, 2.75) is 32.8 Å². The second-order valence-electron chi connectivity index (χ2n) is 8.92. The number of carbonyl (C=O) groups excluding carboxylic acids is 2. The van der Waals surface area contributed by atoms with Crippen LogP contribution in [0, 0.1) is 12.8 Å². The number of benzene rings is 3. The lowest BCUT2D eigenvalue weighted by molar-refractivity contribution is -0.126. The summed E-state index contributed by atoms with van der Waals surface area (Å²) in [7, 11) is 0. The minimum absolute atomic E-state index is 0.00655. The molecule has 0 bridgehead atoms. The van der Waals surface area contributed by atoms with Crippen LogP contribution in [0.15, 0.2) is 78.9 Å². The second kappa shape index (κ2) is 11.5. The van der Waals surface area contributed by atoms with Gasteiger partial charge in [0.15, 0.2) is 0 Å². The molecule has 1 atom stereocenters. The molecule has 3 aromatic rings. The third kappa shape index (κ3) is 6.47. The molecule has 0 aromatic heterocycles. The topological polar surface area (TPSA) is 58.6 Å². The van der Waals surface area contributed by atoms with Gasteiger partial charge in [-0.2, -0.15) is 0 Å². The van der Waals surface area contributed by atoms with Crippen LogP contribution in [-0.2, 0) is 17.8 Å². The van der Waals surface area contributed by atoms with Crippen LogP contribution < -0.4 is 10.1 Å². The number of hydrogen-bond donors (Lipinski definition) is 1. The van der Waals surface area contributed by atoms with E-state index >= 15 is 0 Å². The number of likely N-dealkylation sites (tertiary alicyclic amines) is 1. The Labute approximate surface area is 201 Å². The SMILES string of the molecule is Cc1ccc(C(=O)N2CCCC(C(=O)NCCc3ccc(OCc4ccccc4)cc3)C2)cc1. The van der Waals surface area contributed by atoms with Crippen LogP contribution in [0.1, 0.15) is 39.9 Å². The molecular formula is C29H32N2O3. The smallest absolute Gasteiger partial charge is 0.253 e. The monoisotopic (exact) mass is 456 g/mol. The molecule has 1 fully saturated rings. The molecule has 1 unspecified atom stereocenters. The number of nitrogens with zero attached hydrogens (tertiary/aromatic N) is 1. The van der Waals surface area contributed by atoms with E-state index in [2.05, 4.69) is 5.32 Å². The molecule has 1 aliphatic heterocycles. The van der Waals surface area contributed by atoms with Gasteiger partial charge in [0.05, 0.1) is 5.92 Å². The van der Waals surface area contributed by atoms with E-state index in [1.54, 1.807) is 0 Å². The quantitative estimate of drug-likeness (QED) is 0.530. The van der Waals surface area contributed by atoms with Crippen LogP contribution in [0.4, 0.5) is 0 Å². The Kier molecular flexibility index (Phi) is 7.97. The van der Waals surface area contributed by atoms with Gasteiger partial charge < -0.3 is 15.0 Å². The molecule has 5 nitrogen and oxygen atoms in total. The van der Waals surface area contributed by atoms with Gasteiger partial charge in [-0.3, -0.25) is 9.59 Å². The number of amides is 2. The summed E-state index contributed by atoms with van der Waals surface area (Å²) in [4.78, 5) is 27.4. The first-order chi connectivity index (χ1) is 16.6. The predicted octanol–water partition coefficient (Wildman–Crippen LogP) is 4.79. The van der Waals surface area contributed by atoms with Crippen molar-refractivity contribution in [3.05, 3.63) is 101 Å². The van der Waals surface area contributed by atoms with E-state index in [1.165, 1.54) is 0 Å². The normalized spacial score (nSPS) is 15.6. The van der Waals surface area contributed by atoms with Crippen LogP contribution in [0.3, 0.4) is 0 Å². The summed E-state index contributed by atoms with van der Waals surface area (Å²) in [5.74, 6) is 0.713. The van der Waals surface area contributed by atoms with Crippen LogP contribution in [-0.4, -0.2) is 36.3 Å². The molecule has 0 spiro atoms. The Bertz CT molecular complexity index is 1080. The zero-order chi connectivity index (χ0) is 23.8. The van der Waals surface area contributed by atoms with E-state index in [9.17, 15) is 9.59 Å². The van der Waals surface area contributed by atoms with Crippen molar-refractivity contribution in [3.8, 4) is 5.75 Å². The van der Waals surface area contributed by atoms with E-state index in [0.717, 1.165) is 41.7 Å². The summed E-state index contributed by atoms with van der Waals surface area (Å²) in [6, 6.07) is 25.7. The molecule has 0 aliphatic carbocycles. The molecule has 34 heavy (non-hydrogen) atoms. The van der Waals surface area contributed by atoms with Crippen LogP contribution in [0.25, 0.3) is 0 Å². The molecule has 1 heterocycles. The molecule has 1 saturated heterocycles. The van der Waals surface area contributed by atoms with Gasteiger partial charge >= 0.3 is 0 Å². The van der Waals surface area contributed by atoms with Gasteiger partial charge in [-0.05, 0) is 61.6 Å². The minimum Gasteiger partial charge on any atom is -0.489 e. The number of hydrogen-bond acceptors (Lipinski definition) is 3. The summed E-state index contributed by atoms with van der Waals surface area (Å²) >= 11 is 0. The van der Waals surface area contributed by atoms with Crippen LogP contribution >= 0.6 is 0 Å². The number of aryl methyl sites for hydroxylation is 1. The highest BCUT2D eigenvalue weighted by atomic mass is 16.5. The Morgan fingerprint density at radius 1 is 0.941 bits per heavy atom. The number of rotatable bonds is 8. The molecule has 1 aliphatic rings. The van der Waals surface area contributed by atoms with E-state index < -0.39 is 0 Å². The third-order valence-corrected chi connectivity index (χ3v) is 6.26. The largest absolute Gasteiger partial charge is 0.489 e. The first-order valence-corrected chi connectivity index (χ1v) is 12.0. The molecule has 3 aromatic carbocycles. The standard InChI is InChI=1S/C29H32N2O3/c1-22-9-13-25(14-10-22)29(33)31-19-5-8-26(20-31)28(32)30-18-17-23-11-15-27(16-12-23)34-21-24-6-3-2-4-7-24/h2-4,6-7,9-16,26H,5,8,17-21H2,1H3,(H,30,32). The average Bonchev–Trinajstić information content (AvgIpc) is 2.89. The van der Waals surface area contributed by atoms with E-state index in [1.807, 2.05) is 90.7 Å². The lowest BCUT2D eigenvalue weighted by Crippen LogP contribution is -2.45. The highest BCUT2D eigenvalue weighted by Gasteiger charge is 2.28. The van der Waals surface area contributed by atoms with Crippen molar-refractivity contribution < 1.29 is 14.3 Å². The van der Waals surface area contributed by atoms with Gasteiger partial charge in [-0.15, -0.1) is 0 Å². The maximum absolute atomic E-state index is 12.8. The molecule has 2 amide bonds. The maximum Gasteiger partial charge on any atom is 0.253 e. The zero-order valence-corrected chi connectivity index (χ0v) is 19.7. The predicted molar refractivity (Wildman–Crippen MR) is 134 cm³/mol. The fourth-order valence-corrected chi connectivity index (χ4v) is 4.22. The molecule has 1 N–H and O–H groups in total. The summed E-state index contributed by atoms with van der Waals surface area (Å²) in [6.45, 7) is 4.30. The molecule has 5 heteroatoms. The maximum atomic E-state index is 12.8. The highest BCUT2D eigenvalue weighted by molar-refractivity contribution is 5.94. The Hall–Kier alpha value is -3.60. The summed E-state index contributed by atoms with van der Waals surface area (Å²) in [5.41, 5.74) is 4.09. The number of carbonyl (C=O) groups is 2. The number of nitrogens with one attached hydrogen (secondary N) is 1. The summed E-state index contributed by atoms with van der Waals surface area (Å²) in [5, 5.41) is 3.06. The first-order valence-electron chi connectivity index (χ1n) is 12.0. The second-order valence-corrected chi connectivity index (χ2v) is 8.92. The molecule has 0 radical (unpaired) electrons. The van der Waals surface area contributed by atoms with Crippen molar-refractivity contribution in [3.63, 3.8) is 0 Å². The Balaban J connectivity index is 1.21. The summed E-state index contributed by atoms with van der Waals surface area (Å²) < 4.78 is 5.83. The minimum atomic E-state index is -0.156. The van der Waals surface area contributed by atoms with Gasteiger partial charge in [0.2, 0.25) is 5.91 Å². The van der Waals surface area contributed by atoms with Crippen LogP contribution in [0.2, 0.25) is 0 Å². The van der Waals surface area contributed by atoms with Crippen molar-refractivity contribution in [2.24, 2.45) is 5.92 Å². The van der Waals surface area contributed by atoms with Gasteiger partial charge in [-0.1, -0.05) is 60.2 Å². The van der Waals surface area contributed by atoms with E-state index in [0.29, 0.717) is 31.8 Å². The molecule has 0 saturated carbocycles. The lowest BCUT2D eigenvalue weighted by atomic mass is 9.96. The van der Waals surface area contributed by atoms with Crippen molar-refractivity contribution in [1.29, 1.82) is 0 Å². The fourth-order valence-electron chi connectivity index (χ4n) is 4.22. The Morgan fingerprint density at radius 3 is 2.41 bits per heavy atom. The third-order valence-electron chi connectivity index (χ3n) is 6.26. The number of piperidine rings is 1.